The molecule has 0 amide bonds. The molecule has 2 N–H and O–H groups in total. The Kier molecular flexibility index (Phi) is 3.43. The molecule has 0 fully saturated rings. The Balaban J connectivity index is 2.53. The van der Waals surface area contributed by atoms with E-state index in [1.807, 2.05) is 19.1 Å². The zero-order valence-electron chi connectivity index (χ0n) is 9.87. The normalized spacial score (nSPS) is 10.5. The van der Waals surface area contributed by atoms with Crippen molar-refractivity contribution in [3.63, 3.8) is 0 Å². The lowest BCUT2D eigenvalue weighted by Crippen LogP contribution is -2.00. The Morgan fingerprint density at radius 3 is 2.76 bits per heavy atom. The van der Waals surface area contributed by atoms with Crippen LogP contribution in [0.1, 0.15) is 18.2 Å². The molecule has 2 rings (SSSR count). The van der Waals surface area contributed by atoms with E-state index in [4.69, 9.17) is 5.73 Å². The fourth-order valence-electron chi connectivity index (χ4n) is 1.64. The van der Waals surface area contributed by atoms with Gasteiger partial charge in [-0.2, -0.15) is 0 Å². The van der Waals surface area contributed by atoms with Crippen molar-refractivity contribution < 1.29 is 0 Å². The number of anilines is 1. The smallest absolute Gasteiger partial charge is 0.160 e. The summed E-state index contributed by atoms with van der Waals surface area (Å²) in [6.45, 7) is 4.09. The Morgan fingerprint density at radius 2 is 2.12 bits per heavy atom. The second-order valence-corrected chi connectivity index (χ2v) is 4.79. The van der Waals surface area contributed by atoms with Crippen LogP contribution in [0.2, 0.25) is 0 Å². The predicted octanol–water partition coefficient (Wildman–Crippen LogP) is 3.36. The molecule has 0 bridgehead atoms. The Bertz CT molecular complexity index is 552. The van der Waals surface area contributed by atoms with Gasteiger partial charge in [0.25, 0.3) is 0 Å². The minimum atomic E-state index is 0.652. The summed E-state index contributed by atoms with van der Waals surface area (Å²) in [5.74, 6) is 0.711. The highest BCUT2D eigenvalue weighted by molar-refractivity contribution is 9.10. The molecule has 0 aliphatic rings. The first kappa shape index (κ1) is 12.0. The first-order valence-electron chi connectivity index (χ1n) is 5.49. The standard InChI is InChI=1S/C13H14BrN3/c1-3-12-11(15)7-16-13(17-12)9-5-4-8(2)6-10(9)14/h4-7H,3,15H2,1-2H3. The Morgan fingerprint density at radius 1 is 1.35 bits per heavy atom. The molecular formula is C13H14BrN3. The van der Waals surface area contributed by atoms with E-state index in [0.29, 0.717) is 11.5 Å². The van der Waals surface area contributed by atoms with E-state index in [2.05, 4.69) is 38.9 Å². The van der Waals surface area contributed by atoms with Gasteiger partial charge in [0, 0.05) is 10.0 Å². The van der Waals surface area contributed by atoms with Crippen molar-refractivity contribution in [2.24, 2.45) is 0 Å². The van der Waals surface area contributed by atoms with E-state index in [1.165, 1.54) is 5.56 Å². The van der Waals surface area contributed by atoms with Crippen molar-refractivity contribution in [3.8, 4) is 11.4 Å². The summed E-state index contributed by atoms with van der Waals surface area (Å²) < 4.78 is 1.00. The maximum Gasteiger partial charge on any atom is 0.160 e. The third kappa shape index (κ3) is 2.47. The predicted molar refractivity (Wildman–Crippen MR) is 73.7 cm³/mol. The van der Waals surface area contributed by atoms with E-state index >= 15 is 0 Å². The average molecular weight is 292 g/mol. The lowest BCUT2D eigenvalue weighted by molar-refractivity contribution is 1.01. The third-order valence-electron chi connectivity index (χ3n) is 2.60. The van der Waals surface area contributed by atoms with Gasteiger partial charge in [0.15, 0.2) is 5.82 Å². The second-order valence-electron chi connectivity index (χ2n) is 3.93. The molecule has 0 spiro atoms. The fraction of sp³-hybridized carbons (Fsp3) is 0.231. The SMILES string of the molecule is CCc1nc(-c2ccc(C)cc2Br)ncc1N. The van der Waals surface area contributed by atoms with Gasteiger partial charge < -0.3 is 5.73 Å². The zero-order valence-corrected chi connectivity index (χ0v) is 11.5. The van der Waals surface area contributed by atoms with Crippen molar-refractivity contribution in [3.05, 3.63) is 40.1 Å². The topological polar surface area (TPSA) is 51.8 Å². The van der Waals surface area contributed by atoms with Crippen LogP contribution in [0.3, 0.4) is 0 Å². The molecule has 4 heteroatoms. The molecule has 0 atom stereocenters. The van der Waals surface area contributed by atoms with Crippen molar-refractivity contribution in [2.45, 2.75) is 20.3 Å². The summed E-state index contributed by atoms with van der Waals surface area (Å²) in [5.41, 5.74) is 9.54. The zero-order chi connectivity index (χ0) is 12.4. The molecule has 3 nitrogen and oxygen atoms in total. The highest BCUT2D eigenvalue weighted by Crippen LogP contribution is 2.27. The number of aryl methyl sites for hydroxylation is 2. The number of nitrogens with zero attached hydrogens (tertiary/aromatic N) is 2. The van der Waals surface area contributed by atoms with Crippen LogP contribution in [0.15, 0.2) is 28.9 Å². The van der Waals surface area contributed by atoms with Gasteiger partial charge in [0.1, 0.15) is 0 Å². The van der Waals surface area contributed by atoms with Crippen LogP contribution in [0.25, 0.3) is 11.4 Å². The average Bonchev–Trinajstić information content (AvgIpc) is 2.30. The number of nitrogen functional groups attached to an aromatic ring is 1. The number of rotatable bonds is 2. The second kappa shape index (κ2) is 4.84. The van der Waals surface area contributed by atoms with Crippen molar-refractivity contribution in [1.82, 2.24) is 9.97 Å². The van der Waals surface area contributed by atoms with Crippen LogP contribution < -0.4 is 5.73 Å². The number of benzene rings is 1. The summed E-state index contributed by atoms with van der Waals surface area (Å²) >= 11 is 3.54. The van der Waals surface area contributed by atoms with Crippen LogP contribution in [0, 0.1) is 6.92 Å². The highest BCUT2D eigenvalue weighted by Gasteiger charge is 2.08. The summed E-state index contributed by atoms with van der Waals surface area (Å²) in [5, 5.41) is 0. The van der Waals surface area contributed by atoms with E-state index in [1.54, 1.807) is 6.20 Å². The van der Waals surface area contributed by atoms with E-state index in [-0.39, 0.29) is 0 Å². The number of hydrogen-bond acceptors (Lipinski definition) is 3. The molecule has 0 aliphatic heterocycles. The molecule has 1 aromatic heterocycles. The summed E-state index contributed by atoms with van der Waals surface area (Å²) in [6, 6.07) is 6.12. The fourth-order valence-corrected chi connectivity index (χ4v) is 2.31. The monoisotopic (exact) mass is 291 g/mol. The summed E-state index contributed by atoms with van der Waals surface area (Å²) in [7, 11) is 0. The van der Waals surface area contributed by atoms with Gasteiger partial charge in [0.05, 0.1) is 17.6 Å². The summed E-state index contributed by atoms with van der Waals surface area (Å²) in [4.78, 5) is 8.77. The minimum absolute atomic E-state index is 0.652. The Hall–Kier alpha value is -1.42. The molecule has 0 saturated heterocycles. The Labute approximate surface area is 109 Å². The summed E-state index contributed by atoms with van der Waals surface area (Å²) in [6.07, 6.45) is 2.48. The molecule has 0 unspecified atom stereocenters. The van der Waals surface area contributed by atoms with Crippen molar-refractivity contribution in [2.75, 3.05) is 5.73 Å². The molecule has 88 valence electrons. The van der Waals surface area contributed by atoms with Crippen LogP contribution in [-0.4, -0.2) is 9.97 Å². The third-order valence-corrected chi connectivity index (χ3v) is 3.26. The van der Waals surface area contributed by atoms with Gasteiger partial charge in [-0.1, -0.05) is 28.9 Å². The first-order valence-corrected chi connectivity index (χ1v) is 6.29. The molecule has 0 radical (unpaired) electrons. The largest absolute Gasteiger partial charge is 0.396 e. The maximum atomic E-state index is 5.80. The number of hydrogen-bond donors (Lipinski definition) is 1. The van der Waals surface area contributed by atoms with Crippen LogP contribution in [-0.2, 0) is 6.42 Å². The quantitative estimate of drug-likeness (QED) is 0.923. The lowest BCUT2D eigenvalue weighted by atomic mass is 10.1. The van der Waals surface area contributed by atoms with Crippen LogP contribution in [0.5, 0.6) is 0 Å². The van der Waals surface area contributed by atoms with Gasteiger partial charge in [0.2, 0.25) is 0 Å². The van der Waals surface area contributed by atoms with Gasteiger partial charge in [-0.25, -0.2) is 9.97 Å². The van der Waals surface area contributed by atoms with Gasteiger partial charge in [-0.15, -0.1) is 0 Å². The molecule has 17 heavy (non-hydrogen) atoms. The maximum absolute atomic E-state index is 5.80. The van der Waals surface area contributed by atoms with Crippen molar-refractivity contribution in [1.29, 1.82) is 0 Å². The van der Waals surface area contributed by atoms with E-state index in [9.17, 15) is 0 Å². The van der Waals surface area contributed by atoms with Crippen LogP contribution in [0.4, 0.5) is 5.69 Å². The lowest BCUT2D eigenvalue weighted by Gasteiger charge is -2.07. The van der Waals surface area contributed by atoms with Gasteiger partial charge in [-0.05, 0) is 31.0 Å². The van der Waals surface area contributed by atoms with Crippen LogP contribution >= 0.6 is 15.9 Å². The minimum Gasteiger partial charge on any atom is -0.396 e. The first-order chi connectivity index (χ1) is 8.11. The highest BCUT2D eigenvalue weighted by atomic mass is 79.9. The number of aromatic nitrogens is 2. The molecule has 0 saturated carbocycles. The van der Waals surface area contributed by atoms with Gasteiger partial charge in [-0.3, -0.25) is 0 Å². The van der Waals surface area contributed by atoms with Gasteiger partial charge >= 0.3 is 0 Å². The van der Waals surface area contributed by atoms with E-state index < -0.39 is 0 Å². The van der Waals surface area contributed by atoms with Crippen molar-refractivity contribution >= 4 is 21.6 Å². The molecule has 1 heterocycles. The number of nitrogens with two attached hydrogens (primary N) is 1. The number of halogens is 1. The molecule has 0 aliphatic carbocycles. The molecular weight excluding hydrogens is 278 g/mol. The molecule has 2 aromatic rings. The van der Waals surface area contributed by atoms with E-state index in [0.717, 1.165) is 22.2 Å². The molecule has 1 aromatic carbocycles.